The van der Waals surface area contributed by atoms with Gasteiger partial charge >= 0.3 is 0 Å². The molecule has 0 aliphatic carbocycles. The fourth-order valence-electron chi connectivity index (χ4n) is 1.39. The van der Waals surface area contributed by atoms with E-state index in [1.807, 2.05) is 6.07 Å². The minimum atomic E-state index is -0.339. The highest BCUT2D eigenvalue weighted by atomic mass is 35.5. The Labute approximate surface area is 92.3 Å². The fourth-order valence-corrected chi connectivity index (χ4v) is 1.52. The average Bonchev–Trinajstić information content (AvgIpc) is 2.27. The lowest BCUT2D eigenvalue weighted by atomic mass is 9.95. The Kier molecular flexibility index (Phi) is 3.59. The van der Waals surface area contributed by atoms with Crippen molar-refractivity contribution >= 4 is 23.7 Å². The maximum Gasteiger partial charge on any atom is 0.178 e. The second kappa shape index (κ2) is 4.72. The molecule has 3 nitrogen and oxygen atoms in total. The van der Waals surface area contributed by atoms with Crippen molar-refractivity contribution in [3.63, 3.8) is 0 Å². The number of rotatable bonds is 3. The van der Waals surface area contributed by atoms with Crippen LogP contribution in [0, 0.1) is 18.3 Å². The van der Waals surface area contributed by atoms with Gasteiger partial charge in [-0.15, -0.1) is 11.6 Å². The van der Waals surface area contributed by atoms with Crippen molar-refractivity contribution in [2.75, 3.05) is 5.88 Å². The number of hydrogen-bond donors (Lipinski definition) is 0. The summed E-state index contributed by atoms with van der Waals surface area (Å²) in [6.45, 7) is 1.70. The molecule has 0 amide bonds. The first-order valence-corrected chi connectivity index (χ1v) is 4.77. The maximum atomic E-state index is 11.5. The average molecular weight is 222 g/mol. The number of halogens is 1. The van der Waals surface area contributed by atoms with Crippen LogP contribution < -0.4 is 0 Å². The molecule has 0 saturated carbocycles. The lowest BCUT2D eigenvalue weighted by Gasteiger charge is -2.07. The second-order valence-corrected chi connectivity index (χ2v) is 3.27. The highest BCUT2D eigenvalue weighted by molar-refractivity contribution is 6.31. The van der Waals surface area contributed by atoms with Gasteiger partial charge in [0.05, 0.1) is 17.5 Å². The smallest absolute Gasteiger partial charge is 0.178 e. The predicted octanol–water partition coefficient (Wildman–Crippen LogP) is 2.10. The minimum Gasteiger partial charge on any atom is -0.298 e. The van der Waals surface area contributed by atoms with Crippen LogP contribution >= 0.6 is 11.6 Å². The van der Waals surface area contributed by atoms with Crippen molar-refractivity contribution in [1.29, 1.82) is 5.26 Å². The third kappa shape index (κ3) is 2.05. The van der Waals surface area contributed by atoms with E-state index in [1.165, 1.54) is 6.07 Å². The summed E-state index contributed by atoms with van der Waals surface area (Å²) in [6, 6.07) is 5.01. The van der Waals surface area contributed by atoms with Crippen LogP contribution in [0.1, 0.15) is 31.8 Å². The van der Waals surface area contributed by atoms with Gasteiger partial charge in [-0.2, -0.15) is 5.26 Å². The van der Waals surface area contributed by atoms with Crippen LogP contribution in [0.5, 0.6) is 0 Å². The molecule has 0 spiro atoms. The number of Topliss-reactive ketones (excluding diaryl/α,β-unsaturated/α-hetero) is 1. The molecule has 0 fully saturated rings. The van der Waals surface area contributed by atoms with Gasteiger partial charge in [0.15, 0.2) is 12.1 Å². The predicted molar refractivity (Wildman–Crippen MR) is 56.3 cm³/mol. The van der Waals surface area contributed by atoms with Gasteiger partial charge in [0.1, 0.15) is 0 Å². The summed E-state index contributed by atoms with van der Waals surface area (Å²) in [5.74, 6) is -0.537. The van der Waals surface area contributed by atoms with Crippen molar-refractivity contribution in [2.45, 2.75) is 6.92 Å². The molecule has 0 aromatic heterocycles. The molecule has 15 heavy (non-hydrogen) atoms. The molecule has 0 aliphatic heterocycles. The quantitative estimate of drug-likeness (QED) is 0.446. The molecule has 0 unspecified atom stereocenters. The van der Waals surface area contributed by atoms with Crippen molar-refractivity contribution in [3.05, 3.63) is 34.4 Å². The first-order valence-electron chi connectivity index (χ1n) is 4.23. The molecule has 76 valence electrons. The SMILES string of the molecule is Cc1ccc(C#N)c(C=O)c1C(=O)CCl. The van der Waals surface area contributed by atoms with Crippen LogP contribution in [0.15, 0.2) is 12.1 Å². The minimum absolute atomic E-state index is 0.128. The second-order valence-electron chi connectivity index (χ2n) is 3.01. The lowest BCUT2D eigenvalue weighted by Crippen LogP contribution is -2.09. The molecular formula is C11H8ClNO2. The molecule has 0 heterocycles. The van der Waals surface area contributed by atoms with E-state index in [4.69, 9.17) is 16.9 Å². The molecule has 0 saturated heterocycles. The summed E-state index contributed by atoms with van der Waals surface area (Å²) in [4.78, 5) is 22.3. The molecule has 1 rings (SSSR count). The van der Waals surface area contributed by atoms with Crippen LogP contribution in [0.2, 0.25) is 0 Å². The van der Waals surface area contributed by atoms with Gasteiger partial charge in [0.2, 0.25) is 0 Å². The monoisotopic (exact) mass is 221 g/mol. The van der Waals surface area contributed by atoms with Gasteiger partial charge in [-0.05, 0) is 18.6 Å². The number of nitriles is 1. The lowest BCUT2D eigenvalue weighted by molar-refractivity contribution is 0.101. The number of carbonyl (C=O) groups excluding carboxylic acids is 2. The van der Waals surface area contributed by atoms with E-state index in [-0.39, 0.29) is 28.4 Å². The Morgan fingerprint density at radius 1 is 1.60 bits per heavy atom. The van der Waals surface area contributed by atoms with Gasteiger partial charge in [-0.1, -0.05) is 6.07 Å². The van der Waals surface area contributed by atoms with Crippen LogP contribution in [0.4, 0.5) is 0 Å². The summed E-state index contributed by atoms with van der Waals surface area (Å²) in [7, 11) is 0. The van der Waals surface area contributed by atoms with Gasteiger partial charge in [-0.3, -0.25) is 9.59 Å². The third-order valence-corrected chi connectivity index (χ3v) is 2.34. The molecule has 0 bridgehead atoms. The number of ketones is 1. The number of alkyl halides is 1. The largest absolute Gasteiger partial charge is 0.298 e. The molecule has 1 aromatic carbocycles. The summed E-state index contributed by atoms with van der Waals surface area (Å²) < 4.78 is 0. The Morgan fingerprint density at radius 2 is 2.27 bits per heavy atom. The number of benzene rings is 1. The molecule has 4 heteroatoms. The summed E-state index contributed by atoms with van der Waals surface area (Å²) in [6.07, 6.45) is 0.519. The first-order chi connectivity index (χ1) is 7.15. The molecule has 1 aromatic rings. The number of nitrogens with zero attached hydrogens (tertiary/aromatic N) is 1. The van der Waals surface area contributed by atoms with E-state index >= 15 is 0 Å². The van der Waals surface area contributed by atoms with Crippen molar-refractivity contribution in [3.8, 4) is 6.07 Å². The Bertz CT molecular complexity index is 460. The third-order valence-electron chi connectivity index (χ3n) is 2.09. The Hall–Kier alpha value is -1.66. The molecule has 0 aliphatic rings. The summed E-state index contributed by atoms with van der Waals surface area (Å²) in [5, 5.41) is 8.77. The van der Waals surface area contributed by atoms with Crippen molar-refractivity contribution in [1.82, 2.24) is 0 Å². The zero-order chi connectivity index (χ0) is 11.4. The number of aldehydes is 1. The van der Waals surface area contributed by atoms with E-state index in [0.717, 1.165) is 0 Å². The number of hydrogen-bond acceptors (Lipinski definition) is 3. The van der Waals surface area contributed by atoms with Gasteiger partial charge in [0.25, 0.3) is 0 Å². The molecule has 0 N–H and O–H groups in total. The normalized spacial score (nSPS) is 9.40. The fraction of sp³-hybridized carbons (Fsp3) is 0.182. The topological polar surface area (TPSA) is 57.9 Å². The van der Waals surface area contributed by atoms with Gasteiger partial charge < -0.3 is 0 Å². The summed E-state index contributed by atoms with van der Waals surface area (Å²) in [5.41, 5.74) is 1.23. The first kappa shape index (κ1) is 11.4. The number of carbonyl (C=O) groups is 2. The van der Waals surface area contributed by atoms with Crippen molar-refractivity contribution in [2.24, 2.45) is 0 Å². The molecule has 0 atom stereocenters. The molecular weight excluding hydrogens is 214 g/mol. The number of aryl methyl sites for hydroxylation is 1. The Morgan fingerprint density at radius 3 is 2.73 bits per heavy atom. The standard InChI is InChI=1S/C11H8ClNO2/c1-7-2-3-8(5-13)9(6-14)11(7)10(15)4-12/h2-3,6H,4H2,1H3. The van der Waals surface area contributed by atoms with Crippen LogP contribution in [-0.4, -0.2) is 17.9 Å². The van der Waals surface area contributed by atoms with Gasteiger partial charge in [0, 0.05) is 11.1 Å². The van der Waals surface area contributed by atoms with Crippen LogP contribution in [0.25, 0.3) is 0 Å². The highest BCUT2D eigenvalue weighted by Gasteiger charge is 2.16. The van der Waals surface area contributed by atoms with Crippen molar-refractivity contribution < 1.29 is 9.59 Å². The van der Waals surface area contributed by atoms with Crippen LogP contribution in [0.3, 0.4) is 0 Å². The van der Waals surface area contributed by atoms with E-state index in [9.17, 15) is 9.59 Å². The van der Waals surface area contributed by atoms with E-state index in [2.05, 4.69) is 0 Å². The summed E-state index contributed by atoms with van der Waals surface area (Å²) >= 11 is 5.43. The molecule has 0 radical (unpaired) electrons. The van der Waals surface area contributed by atoms with E-state index < -0.39 is 0 Å². The van der Waals surface area contributed by atoms with E-state index in [0.29, 0.717) is 11.8 Å². The highest BCUT2D eigenvalue weighted by Crippen LogP contribution is 2.18. The maximum absolute atomic E-state index is 11.5. The zero-order valence-electron chi connectivity index (χ0n) is 8.08. The van der Waals surface area contributed by atoms with E-state index in [1.54, 1.807) is 13.0 Å². The van der Waals surface area contributed by atoms with Crippen LogP contribution in [-0.2, 0) is 0 Å². The Balaban J connectivity index is 3.54. The zero-order valence-corrected chi connectivity index (χ0v) is 8.84. The van der Waals surface area contributed by atoms with Gasteiger partial charge in [-0.25, -0.2) is 0 Å².